The topological polar surface area (TPSA) is 58.6 Å². The molecule has 4 aliphatic rings. The predicted octanol–water partition coefficient (Wildman–Crippen LogP) is 3.79. The van der Waals surface area contributed by atoms with Gasteiger partial charge >= 0.3 is 6.09 Å². The van der Waals surface area contributed by atoms with Crippen molar-refractivity contribution in [1.29, 1.82) is 0 Å². The second-order valence-electron chi connectivity index (χ2n) is 10.0. The molecule has 2 heterocycles. The Labute approximate surface area is 166 Å². The molecule has 0 aromatic heterocycles. The van der Waals surface area contributed by atoms with E-state index in [1.165, 1.54) is 30.4 Å². The molecule has 5 rings (SSSR count). The molecule has 0 radical (unpaired) electrons. The average molecular weight is 383 g/mol. The zero-order chi connectivity index (χ0) is 19.5. The van der Waals surface area contributed by atoms with Gasteiger partial charge in [-0.1, -0.05) is 38.1 Å². The van der Waals surface area contributed by atoms with Crippen LogP contribution in [0.4, 0.5) is 4.79 Å². The second kappa shape index (κ2) is 6.23. The molecule has 150 valence electrons. The van der Waals surface area contributed by atoms with Crippen LogP contribution in [0, 0.1) is 11.3 Å². The maximum Gasteiger partial charge on any atom is 0.407 e. The molecule has 2 aliphatic carbocycles. The van der Waals surface area contributed by atoms with E-state index in [0.29, 0.717) is 23.9 Å². The number of rotatable bonds is 3. The van der Waals surface area contributed by atoms with Crippen molar-refractivity contribution in [3.8, 4) is 0 Å². The van der Waals surface area contributed by atoms with Crippen molar-refractivity contribution in [3.63, 3.8) is 0 Å². The Hall–Kier alpha value is -2.04. The number of hydrogen-bond donors (Lipinski definition) is 1. The van der Waals surface area contributed by atoms with E-state index in [2.05, 4.69) is 48.3 Å². The van der Waals surface area contributed by atoms with E-state index in [1.54, 1.807) is 0 Å². The molecule has 1 N–H and O–H groups in total. The standard InChI is InChI=1S/C23H30N2O3/c1-15(2)16-4-3-5-17(8-16)18-6-7-22(9-18)12-25(13-22)20(26)19-10-23(11-19)14-28-21(27)24-23/h3-5,8,15,18-19H,6-7,9-14H2,1-2H3,(H,24,27)/t18-,19?,23?/m1/s1. The first kappa shape index (κ1) is 18.0. The summed E-state index contributed by atoms with van der Waals surface area (Å²) >= 11 is 0. The minimum Gasteiger partial charge on any atom is -0.447 e. The van der Waals surface area contributed by atoms with Crippen molar-refractivity contribution in [2.45, 2.75) is 63.3 Å². The molecular formula is C23H30N2O3. The van der Waals surface area contributed by atoms with Gasteiger partial charge in [0.2, 0.25) is 5.91 Å². The minimum atomic E-state index is -0.340. The van der Waals surface area contributed by atoms with Crippen LogP contribution in [0.25, 0.3) is 0 Å². The zero-order valence-electron chi connectivity index (χ0n) is 16.9. The van der Waals surface area contributed by atoms with Crippen molar-refractivity contribution in [2.75, 3.05) is 19.7 Å². The van der Waals surface area contributed by atoms with Gasteiger partial charge in [0.05, 0.1) is 5.54 Å². The number of hydrogen-bond acceptors (Lipinski definition) is 3. The van der Waals surface area contributed by atoms with Gasteiger partial charge in [0, 0.05) is 24.4 Å². The molecule has 1 aromatic carbocycles. The second-order valence-corrected chi connectivity index (χ2v) is 10.0. The van der Waals surface area contributed by atoms with Crippen LogP contribution in [-0.2, 0) is 9.53 Å². The fourth-order valence-electron chi connectivity index (χ4n) is 5.90. The first-order valence-electron chi connectivity index (χ1n) is 10.7. The Kier molecular flexibility index (Phi) is 4.01. The zero-order valence-corrected chi connectivity index (χ0v) is 16.9. The highest BCUT2D eigenvalue weighted by atomic mass is 16.6. The lowest BCUT2D eigenvalue weighted by Gasteiger charge is -2.52. The molecule has 1 atom stereocenters. The lowest BCUT2D eigenvalue weighted by molar-refractivity contribution is -0.153. The quantitative estimate of drug-likeness (QED) is 0.865. The molecule has 4 fully saturated rings. The Balaban J connectivity index is 1.16. The van der Waals surface area contributed by atoms with Gasteiger partial charge in [-0.2, -0.15) is 0 Å². The molecule has 2 aliphatic heterocycles. The van der Waals surface area contributed by atoms with Crippen molar-refractivity contribution < 1.29 is 14.3 Å². The maximum atomic E-state index is 12.8. The van der Waals surface area contributed by atoms with Crippen LogP contribution in [0.3, 0.4) is 0 Å². The molecular weight excluding hydrogens is 352 g/mol. The summed E-state index contributed by atoms with van der Waals surface area (Å²) in [7, 11) is 0. The summed E-state index contributed by atoms with van der Waals surface area (Å²) in [6.07, 6.45) is 4.78. The first-order chi connectivity index (χ1) is 13.4. The summed E-state index contributed by atoms with van der Waals surface area (Å²) in [5.74, 6) is 1.53. The molecule has 2 saturated heterocycles. The molecule has 2 saturated carbocycles. The van der Waals surface area contributed by atoms with Gasteiger partial charge in [0.15, 0.2) is 0 Å². The largest absolute Gasteiger partial charge is 0.447 e. The summed E-state index contributed by atoms with van der Waals surface area (Å²) in [4.78, 5) is 26.1. The number of likely N-dealkylation sites (tertiary alicyclic amines) is 1. The molecule has 1 aromatic rings. The smallest absolute Gasteiger partial charge is 0.407 e. The van der Waals surface area contributed by atoms with Gasteiger partial charge in [0.1, 0.15) is 6.61 Å². The van der Waals surface area contributed by atoms with Crippen LogP contribution >= 0.6 is 0 Å². The highest BCUT2D eigenvalue weighted by Crippen LogP contribution is 2.53. The predicted molar refractivity (Wildman–Crippen MR) is 106 cm³/mol. The Morgan fingerprint density at radius 1 is 1.25 bits per heavy atom. The summed E-state index contributed by atoms with van der Waals surface area (Å²) < 4.78 is 5.02. The summed E-state index contributed by atoms with van der Waals surface area (Å²) in [5.41, 5.74) is 2.97. The van der Waals surface area contributed by atoms with Crippen LogP contribution in [0.5, 0.6) is 0 Å². The van der Waals surface area contributed by atoms with E-state index in [0.717, 1.165) is 25.9 Å². The molecule has 28 heavy (non-hydrogen) atoms. The van der Waals surface area contributed by atoms with Crippen LogP contribution in [0.1, 0.15) is 68.9 Å². The maximum absolute atomic E-state index is 12.8. The molecule has 5 nitrogen and oxygen atoms in total. The number of alkyl carbamates (subject to hydrolysis) is 1. The van der Waals surface area contributed by atoms with Crippen molar-refractivity contribution in [1.82, 2.24) is 10.2 Å². The SMILES string of the molecule is CC(C)c1cccc([C@@H]2CCC3(C2)CN(C(=O)C2CC4(COC(=O)N4)C2)C3)c1. The number of carbonyl (C=O) groups excluding carboxylic acids is 2. The fraction of sp³-hybridized carbons (Fsp3) is 0.652. The average Bonchev–Trinajstić information content (AvgIpc) is 3.23. The molecule has 0 unspecified atom stereocenters. The fourth-order valence-corrected chi connectivity index (χ4v) is 5.90. The lowest BCUT2D eigenvalue weighted by atomic mass is 9.67. The molecule has 2 amide bonds. The van der Waals surface area contributed by atoms with Crippen molar-refractivity contribution >= 4 is 12.0 Å². The van der Waals surface area contributed by atoms with Crippen molar-refractivity contribution in [3.05, 3.63) is 35.4 Å². The number of cyclic esters (lactones) is 1. The van der Waals surface area contributed by atoms with Crippen LogP contribution in [0.15, 0.2) is 24.3 Å². The van der Waals surface area contributed by atoms with Gasteiger partial charge in [-0.25, -0.2) is 4.79 Å². The summed E-state index contributed by atoms with van der Waals surface area (Å²) in [5, 5.41) is 2.88. The third-order valence-electron chi connectivity index (χ3n) is 7.59. The van der Waals surface area contributed by atoms with E-state index in [-0.39, 0.29) is 23.5 Å². The van der Waals surface area contributed by atoms with Gasteiger partial charge in [0.25, 0.3) is 0 Å². The van der Waals surface area contributed by atoms with Gasteiger partial charge in [-0.05, 0) is 55.1 Å². The van der Waals surface area contributed by atoms with Gasteiger partial charge in [-0.3, -0.25) is 4.79 Å². The van der Waals surface area contributed by atoms with Gasteiger partial charge < -0.3 is 15.0 Å². The number of amides is 2. The highest BCUT2D eigenvalue weighted by Gasteiger charge is 2.56. The van der Waals surface area contributed by atoms with E-state index < -0.39 is 0 Å². The van der Waals surface area contributed by atoms with E-state index in [1.807, 2.05) is 0 Å². The first-order valence-corrected chi connectivity index (χ1v) is 10.7. The highest BCUT2D eigenvalue weighted by molar-refractivity contribution is 5.82. The van der Waals surface area contributed by atoms with Crippen LogP contribution in [-0.4, -0.2) is 42.1 Å². The van der Waals surface area contributed by atoms with E-state index >= 15 is 0 Å². The third kappa shape index (κ3) is 2.90. The third-order valence-corrected chi connectivity index (χ3v) is 7.59. The van der Waals surface area contributed by atoms with Crippen LogP contribution in [0.2, 0.25) is 0 Å². The van der Waals surface area contributed by atoms with E-state index in [9.17, 15) is 9.59 Å². The number of ether oxygens (including phenoxy) is 1. The summed E-state index contributed by atoms with van der Waals surface area (Å²) in [6, 6.07) is 9.10. The monoisotopic (exact) mass is 382 g/mol. The summed E-state index contributed by atoms with van der Waals surface area (Å²) in [6.45, 7) is 6.74. The number of benzene rings is 1. The molecule has 2 spiro atoms. The van der Waals surface area contributed by atoms with Gasteiger partial charge in [-0.15, -0.1) is 0 Å². The molecule has 5 heteroatoms. The number of nitrogens with zero attached hydrogens (tertiary/aromatic N) is 1. The Morgan fingerprint density at radius 3 is 2.71 bits per heavy atom. The van der Waals surface area contributed by atoms with E-state index in [4.69, 9.17) is 4.74 Å². The lowest BCUT2D eigenvalue weighted by Crippen LogP contribution is -2.63. The Morgan fingerprint density at radius 2 is 2.04 bits per heavy atom. The number of carbonyl (C=O) groups is 2. The van der Waals surface area contributed by atoms with Crippen LogP contribution < -0.4 is 5.32 Å². The van der Waals surface area contributed by atoms with Crippen molar-refractivity contribution in [2.24, 2.45) is 11.3 Å². The normalized spacial score (nSPS) is 33.0. The number of nitrogens with one attached hydrogen (secondary N) is 1. The minimum absolute atomic E-state index is 0.0549. The molecule has 0 bridgehead atoms. The Bertz CT molecular complexity index is 806.